The zero-order chi connectivity index (χ0) is 9.40. The van der Waals surface area contributed by atoms with Gasteiger partial charge in [-0.2, -0.15) is 5.26 Å². The molecule has 4 heteroatoms. The molecule has 0 heterocycles. The lowest BCUT2D eigenvalue weighted by Gasteiger charge is -1.94. The molecule has 0 saturated carbocycles. The van der Waals surface area contributed by atoms with Crippen LogP contribution in [0.25, 0.3) is 0 Å². The van der Waals surface area contributed by atoms with Gasteiger partial charge < -0.3 is 4.74 Å². The second-order valence-electron chi connectivity index (χ2n) is 1.72. The van der Waals surface area contributed by atoms with Gasteiger partial charge in [0.1, 0.15) is 18.2 Å². The van der Waals surface area contributed by atoms with E-state index < -0.39 is 11.9 Å². The van der Waals surface area contributed by atoms with E-state index in [2.05, 4.69) is 4.74 Å². The first-order chi connectivity index (χ1) is 5.72. The summed E-state index contributed by atoms with van der Waals surface area (Å²) in [4.78, 5) is 10.6. The van der Waals surface area contributed by atoms with Crippen LogP contribution in [-0.4, -0.2) is 5.97 Å². The lowest BCUT2D eigenvalue weighted by Crippen LogP contribution is -2.09. The van der Waals surface area contributed by atoms with Crippen molar-refractivity contribution in [3.05, 3.63) is 0 Å². The molecule has 12 heavy (non-hydrogen) atoms. The lowest BCUT2D eigenvalue weighted by molar-refractivity contribution is -0.139. The topological polar surface area (TPSA) is 50.1 Å². The van der Waals surface area contributed by atoms with Gasteiger partial charge in [-0.15, -0.1) is 4.39 Å². The van der Waals surface area contributed by atoms with Gasteiger partial charge in [-0.1, -0.05) is 0 Å². The highest BCUT2D eigenvalue weighted by Crippen LogP contribution is 1.93. The molecule has 60 valence electrons. The van der Waals surface area contributed by atoms with Crippen molar-refractivity contribution in [1.29, 1.82) is 5.26 Å². The van der Waals surface area contributed by atoms with Crippen molar-refractivity contribution in [3.8, 4) is 30.2 Å². The largest absolute Gasteiger partial charge is 0.370 e. The molecular weight excluding hydrogens is 161 g/mol. The van der Waals surface area contributed by atoms with Crippen molar-refractivity contribution in [2.75, 3.05) is 0 Å². The molecule has 0 aromatic rings. The van der Waals surface area contributed by atoms with Crippen molar-refractivity contribution >= 4 is 5.97 Å². The van der Waals surface area contributed by atoms with Crippen LogP contribution < -0.4 is 0 Å². The molecule has 0 bridgehead atoms. The molecule has 0 radical (unpaired) electrons. The molecule has 0 saturated heterocycles. The third kappa shape index (κ3) is 3.93. The highest BCUT2D eigenvalue weighted by atomic mass is 19.1. The first kappa shape index (κ1) is 10.0. The van der Waals surface area contributed by atoms with E-state index in [1.54, 1.807) is 12.0 Å². The Hall–Kier alpha value is -1.99. The second kappa shape index (κ2) is 5.77. The van der Waals surface area contributed by atoms with Gasteiger partial charge in [0.25, 0.3) is 0 Å². The Morgan fingerprint density at radius 2 is 2.25 bits per heavy atom. The first-order valence-corrected chi connectivity index (χ1v) is 2.93. The van der Waals surface area contributed by atoms with Gasteiger partial charge in [0.05, 0.1) is 6.07 Å². The molecule has 1 atom stereocenters. The third-order valence-corrected chi connectivity index (χ3v) is 0.860. The van der Waals surface area contributed by atoms with Gasteiger partial charge in [-0.05, 0) is 6.92 Å². The Morgan fingerprint density at radius 1 is 1.58 bits per heavy atom. The fourth-order valence-electron chi connectivity index (χ4n) is 0.266. The molecule has 0 rings (SSSR count). The number of hydrogen-bond acceptors (Lipinski definition) is 3. The fourth-order valence-corrected chi connectivity index (χ4v) is 0.266. The number of rotatable bonds is 1. The summed E-state index contributed by atoms with van der Waals surface area (Å²) in [6.07, 6.45) is 2.84. The monoisotopic (exact) mass is 165 g/mol. The molecule has 0 aromatic carbocycles. The maximum atomic E-state index is 11.1. The van der Waals surface area contributed by atoms with E-state index in [-0.39, 0.29) is 0 Å². The van der Waals surface area contributed by atoms with E-state index in [4.69, 9.17) is 5.26 Å². The molecule has 0 aliphatic carbocycles. The van der Waals surface area contributed by atoms with Crippen LogP contribution in [0.5, 0.6) is 0 Å². The van der Waals surface area contributed by atoms with E-state index in [0.717, 1.165) is 6.17 Å². The first-order valence-electron chi connectivity index (χ1n) is 2.93. The van der Waals surface area contributed by atoms with E-state index in [0.29, 0.717) is 0 Å². The average molecular weight is 165 g/mol. The number of nitriles is 1. The van der Waals surface area contributed by atoms with Gasteiger partial charge >= 0.3 is 5.97 Å². The minimum Gasteiger partial charge on any atom is -0.370 e. The normalized spacial score (nSPS) is 9.08. The summed E-state index contributed by atoms with van der Waals surface area (Å²) in [6, 6.07) is 1.65. The average Bonchev–Trinajstić information content (AvgIpc) is 2.10. The van der Waals surface area contributed by atoms with Crippen LogP contribution in [-0.2, 0) is 9.53 Å². The minimum atomic E-state index is -0.877. The summed E-state index contributed by atoms with van der Waals surface area (Å²) >= 11 is 0. The second-order valence-corrected chi connectivity index (χ2v) is 1.72. The third-order valence-electron chi connectivity index (χ3n) is 0.860. The maximum absolute atomic E-state index is 11.1. The minimum absolute atomic E-state index is 0.773. The predicted molar refractivity (Wildman–Crippen MR) is 37.5 cm³/mol. The fraction of sp³-hybridized carbons (Fsp3) is 0.250. The van der Waals surface area contributed by atoms with Crippen molar-refractivity contribution in [3.63, 3.8) is 0 Å². The van der Waals surface area contributed by atoms with Gasteiger partial charge in [-0.25, -0.2) is 4.79 Å². The Balaban J connectivity index is 3.97. The summed E-state index contributed by atoms with van der Waals surface area (Å²) < 4.78 is 15.3. The Kier molecular flexibility index (Phi) is 4.81. The number of esters is 1. The molecule has 0 N–H and O–H groups in total. The summed E-state index contributed by atoms with van der Waals surface area (Å²) in [5, 5.41) is 8.22. The zero-order valence-electron chi connectivity index (χ0n) is 6.22. The number of carbonyl (C=O) groups is 1. The Morgan fingerprint density at radius 3 is 2.75 bits per heavy atom. The molecule has 0 aromatic heterocycles. The van der Waals surface area contributed by atoms with E-state index in [9.17, 15) is 9.18 Å². The molecule has 0 spiro atoms. The number of nitrogens with zero attached hydrogens (tertiary/aromatic N) is 1. The van der Waals surface area contributed by atoms with Crippen molar-refractivity contribution < 1.29 is 13.9 Å². The van der Waals surface area contributed by atoms with Crippen LogP contribution >= 0.6 is 0 Å². The van der Waals surface area contributed by atoms with Gasteiger partial charge in [0.15, 0.2) is 0 Å². The summed E-state index contributed by atoms with van der Waals surface area (Å²) in [6.45, 7) is 1.37. The lowest BCUT2D eigenvalue weighted by atomic mass is 10.2. The van der Waals surface area contributed by atoms with Crippen molar-refractivity contribution in [2.45, 2.75) is 6.92 Å². The van der Waals surface area contributed by atoms with Crippen molar-refractivity contribution in [2.24, 2.45) is 5.92 Å². The van der Waals surface area contributed by atoms with Gasteiger partial charge in [0.2, 0.25) is 0 Å². The van der Waals surface area contributed by atoms with Crippen LogP contribution in [0.3, 0.4) is 0 Å². The standard InChI is InChI=1S/C8H4FNO2/c1-7(6-10)8(11)12-5-3-2-4-9/h7H,1H3. The molecule has 0 fully saturated rings. The SMILES string of the molecule is CC(C#N)C(=O)OC#CC#CF. The summed E-state index contributed by atoms with van der Waals surface area (Å²) in [7, 11) is 0. The molecule has 0 aliphatic heterocycles. The summed E-state index contributed by atoms with van der Waals surface area (Å²) in [5.74, 6) is 1.98. The molecule has 0 aliphatic rings. The zero-order valence-corrected chi connectivity index (χ0v) is 6.22. The van der Waals surface area contributed by atoms with E-state index in [1.807, 2.05) is 12.0 Å². The Labute approximate surface area is 69.1 Å². The molecule has 3 nitrogen and oxygen atoms in total. The highest BCUT2D eigenvalue weighted by Gasteiger charge is 2.11. The number of hydrogen-bond donors (Lipinski definition) is 0. The highest BCUT2D eigenvalue weighted by molar-refractivity contribution is 5.75. The predicted octanol–water partition coefficient (Wildman–Crippen LogP) is 0.581. The summed E-state index contributed by atoms with van der Waals surface area (Å²) in [5.41, 5.74) is 0. The van der Waals surface area contributed by atoms with Crippen LogP contribution in [0.15, 0.2) is 0 Å². The number of carbonyl (C=O) groups excluding carboxylic acids is 1. The molecular formula is C8H4FNO2. The smallest absolute Gasteiger partial charge is 0.336 e. The maximum Gasteiger partial charge on any atom is 0.336 e. The quantitative estimate of drug-likeness (QED) is 0.421. The number of halogens is 1. The molecule has 1 unspecified atom stereocenters. The number of ether oxygens (including phenoxy) is 1. The van der Waals surface area contributed by atoms with Crippen LogP contribution in [0.2, 0.25) is 0 Å². The van der Waals surface area contributed by atoms with Crippen LogP contribution in [0.4, 0.5) is 4.39 Å². The molecule has 0 amide bonds. The van der Waals surface area contributed by atoms with Crippen LogP contribution in [0.1, 0.15) is 6.92 Å². The Bertz CT molecular complexity index is 321. The van der Waals surface area contributed by atoms with Gasteiger partial charge in [-0.3, -0.25) is 0 Å². The van der Waals surface area contributed by atoms with Gasteiger partial charge in [0, 0.05) is 11.8 Å². The van der Waals surface area contributed by atoms with E-state index in [1.165, 1.54) is 6.92 Å². The van der Waals surface area contributed by atoms with Crippen LogP contribution in [0, 0.1) is 41.4 Å². The van der Waals surface area contributed by atoms with E-state index >= 15 is 0 Å². The van der Waals surface area contributed by atoms with Crippen molar-refractivity contribution in [1.82, 2.24) is 0 Å².